The summed E-state index contributed by atoms with van der Waals surface area (Å²) < 4.78 is 39.9. The van der Waals surface area contributed by atoms with Crippen LogP contribution < -0.4 is 9.62 Å². The van der Waals surface area contributed by atoms with Crippen molar-refractivity contribution >= 4 is 27.5 Å². The van der Waals surface area contributed by atoms with Crippen molar-refractivity contribution < 1.29 is 22.4 Å². The Morgan fingerprint density at radius 3 is 2.08 bits per heavy atom. The highest BCUT2D eigenvalue weighted by molar-refractivity contribution is 7.92. The van der Waals surface area contributed by atoms with Gasteiger partial charge in [-0.15, -0.1) is 0 Å². The number of hydrogen-bond donors (Lipinski definition) is 1. The molecule has 0 saturated carbocycles. The summed E-state index contributed by atoms with van der Waals surface area (Å²) in [5.74, 6) is -0.918. The first-order valence-electron chi connectivity index (χ1n) is 12.5. The number of rotatable bonds is 11. The molecule has 2 rings (SSSR count). The SMILES string of the molecule is CC[C@H](C(=O)NC(C)(C)C)N(Cc1ccc(F)cc1)C(=O)CCCN(c1cc(C)cc(C)c1)S(C)(=O)=O. The largest absolute Gasteiger partial charge is 0.350 e. The minimum absolute atomic E-state index is 0.0529. The molecule has 0 heterocycles. The van der Waals surface area contributed by atoms with E-state index in [0.717, 1.165) is 17.4 Å². The number of nitrogens with zero attached hydrogens (tertiary/aromatic N) is 2. The van der Waals surface area contributed by atoms with Crippen LogP contribution in [0.25, 0.3) is 0 Å². The van der Waals surface area contributed by atoms with E-state index in [0.29, 0.717) is 17.7 Å². The summed E-state index contributed by atoms with van der Waals surface area (Å²) in [5, 5.41) is 2.95. The molecule has 0 aliphatic heterocycles. The third kappa shape index (κ3) is 9.46. The topological polar surface area (TPSA) is 86.8 Å². The molecule has 2 aromatic carbocycles. The molecule has 204 valence electrons. The van der Waals surface area contributed by atoms with Crippen LogP contribution in [-0.2, 0) is 26.2 Å². The molecule has 0 fully saturated rings. The summed E-state index contributed by atoms with van der Waals surface area (Å²) in [6.07, 6.45) is 1.87. The third-order valence-electron chi connectivity index (χ3n) is 5.80. The van der Waals surface area contributed by atoms with Gasteiger partial charge in [0, 0.05) is 25.0 Å². The Kier molecular flexibility index (Phi) is 10.3. The molecule has 0 bridgehead atoms. The molecule has 0 unspecified atom stereocenters. The standard InChI is InChI=1S/C28H40FN3O4S/c1-8-25(27(34)30-28(4,5)6)31(19-22-11-13-23(29)14-12-22)26(33)10-9-15-32(37(7,35)36)24-17-20(2)16-21(3)18-24/h11-14,16-18,25H,8-10,15,19H2,1-7H3,(H,30,34)/t25-/m1/s1. The van der Waals surface area contributed by atoms with Gasteiger partial charge >= 0.3 is 0 Å². The predicted molar refractivity (Wildman–Crippen MR) is 146 cm³/mol. The Morgan fingerprint density at radius 1 is 1.03 bits per heavy atom. The van der Waals surface area contributed by atoms with Gasteiger partial charge in [-0.3, -0.25) is 13.9 Å². The average molecular weight is 534 g/mol. The molecular formula is C28H40FN3O4S. The van der Waals surface area contributed by atoms with E-state index >= 15 is 0 Å². The number of halogens is 1. The lowest BCUT2D eigenvalue weighted by atomic mass is 10.0. The van der Waals surface area contributed by atoms with Gasteiger partial charge in [0.15, 0.2) is 0 Å². The summed E-state index contributed by atoms with van der Waals surface area (Å²) in [6.45, 7) is 11.5. The van der Waals surface area contributed by atoms with Crippen molar-refractivity contribution in [2.75, 3.05) is 17.1 Å². The van der Waals surface area contributed by atoms with Crippen LogP contribution in [0.4, 0.5) is 10.1 Å². The second-order valence-corrected chi connectivity index (χ2v) is 12.5. The molecule has 2 aromatic rings. The number of anilines is 1. The van der Waals surface area contributed by atoms with Gasteiger partial charge in [0.1, 0.15) is 11.9 Å². The lowest BCUT2D eigenvalue weighted by Gasteiger charge is -2.33. The van der Waals surface area contributed by atoms with Gasteiger partial charge in [0.05, 0.1) is 11.9 Å². The van der Waals surface area contributed by atoms with Gasteiger partial charge in [-0.25, -0.2) is 12.8 Å². The lowest BCUT2D eigenvalue weighted by Crippen LogP contribution is -2.53. The molecule has 0 aliphatic rings. The van der Waals surface area contributed by atoms with Crippen molar-refractivity contribution in [3.8, 4) is 0 Å². The number of carbonyl (C=O) groups excluding carboxylic acids is 2. The van der Waals surface area contributed by atoms with Gasteiger partial charge in [-0.05, 0) is 88.4 Å². The fraction of sp³-hybridized carbons (Fsp3) is 0.500. The molecule has 9 heteroatoms. The van der Waals surface area contributed by atoms with E-state index < -0.39 is 21.6 Å². The van der Waals surface area contributed by atoms with Gasteiger partial charge in [0.25, 0.3) is 0 Å². The number of aryl methyl sites for hydroxylation is 2. The van der Waals surface area contributed by atoms with Crippen molar-refractivity contribution in [2.45, 2.75) is 78.9 Å². The zero-order valence-electron chi connectivity index (χ0n) is 23.0. The second kappa shape index (κ2) is 12.5. The molecule has 0 radical (unpaired) electrons. The van der Waals surface area contributed by atoms with Gasteiger partial charge in [0.2, 0.25) is 21.8 Å². The Labute approximate surface area is 221 Å². The van der Waals surface area contributed by atoms with E-state index in [-0.39, 0.29) is 43.6 Å². The molecule has 1 N–H and O–H groups in total. The van der Waals surface area contributed by atoms with Gasteiger partial charge < -0.3 is 10.2 Å². The minimum atomic E-state index is -3.57. The number of nitrogens with one attached hydrogen (secondary N) is 1. The Balaban J connectivity index is 2.26. The van der Waals surface area contributed by atoms with Crippen LogP contribution in [0, 0.1) is 19.7 Å². The van der Waals surface area contributed by atoms with Gasteiger partial charge in [-0.1, -0.05) is 25.1 Å². The van der Waals surface area contributed by atoms with Crippen molar-refractivity contribution in [1.82, 2.24) is 10.2 Å². The first kappa shape index (κ1) is 30.3. The zero-order valence-corrected chi connectivity index (χ0v) is 23.8. The van der Waals surface area contributed by atoms with Crippen LogP contribution in [0.3, 0.4) is 0 Å². The highest BCUT2D eigenvalue weighted by atomic mass is 32.2. The highest BCUT2D eigenvalue weighted by Crippen LogP contribution is 2.23. The highest BCUT2D eigenvalue weighted by Gasteiger charge is 2.30. The molecule has 0 saturated heterocycles. The maximum atomic E-state index is 13.5. The van der Waals surface area contributed by atoms with Crippen LogP contribution in [0.2, 0.25) is 0 Å². The number of benzene rings is 2. The van der Waals surface area contributed by atoms with E-state index in [1.54, 1.807) is 24.3 Å². The molecule has 7 nitrogen and oxygen atoms in total. The predicted octanol–water partition coefficient (Wildman–Crippen LogP) is 4.71. The summed E-state index contributed by atoms with van der Waals surface area (Å²) in [5.41, 5.74) is 2.68. The maximum absolute atomic E-state index is 13.5. The van der Waals surface area contributed by atoms with Crippen LogP contribution >= 0.6 is 0 Å². The normalized spacial score (nSPS) is 12.6. The fourth-order valence-corrected chi connectivity index (χ4v) is 5.21. The summed E-state index contributed by atoms with van der Waals surface area (Å²) in [4.78, 5) is 28.1. The Bertz CT molecular complexity index is 1170. The maximum Gasteiger partial charge on any atom is 0.243 e. The molecule has 37 heavy (non-hydrogen) atoms. The Hall–Kier alpha value is -2.94. The van der Waals surface area contributed by atoms with Crippen LogP contribution in [0.15, 0.2) is 42.5 Å². The van der Waals surface area contributed by atoms with Crippen molar-refractivity contribution in [1.29, 1.82) is 0 Å². The molecular weight excluding hydrogens is 493 g/mol. The van der Waals surface area contributed by atoms with Gasteiger partial charge in [-0.2, -0.15) is 0 Å². The van der Waals surface area contributed by atoms with Crippen LogP contribution in [0.5, 0.6) is 0 Å². The van der Waals surface area contributed by atoms with E-state index in [2.05, 4.69) is 5.32 Å². The first-order valence-corrected chi connectivity index (χ1v) is 14.4. The monoisotopic (exact) mass is 533 g/mol. The number of hydrogen-bond acceptors (Lipinski definition) is 4. The smallest absolute Gasteiger partial charge is 0.243 e. The first-order chi connectivity index (χ1) is 17.1. The lowest BCUT2D eigenvalue weighted by molar-refractivity contribution is -0.142. The summed E-state index contributed by atoms with van der Waals surface area (Å²) >= 11 is 0. The fourth-order valence-electron chi connectivity index (χ4n) is 4.26. The minimum Gasteiger partial charge on any atom is -0.350 e. The molecule has 0 aliphatic carbocycles. The van der Waals surface area contributed by atoms with Crippen molar-refractivity contribution in [3.63, 3.8) is 0 Å². The van der Waals surface area contributed by atoms with Crippen LogP contribution in [-0.4, -0.2) is 49.5 Å². The molecule has 0 spiro atoms. The molecule has 0 aromatic heterocycles. The second-order valence-electron chi connectivity index (χ2n) is 10.6. The molecule has 2 amide bonds. The quantitative estimate of drug-likeness (QED) is 0.453. The summed E-state index contributed by atoms with van der Waals surface area (Å²) in [6, 6.07) is 10.7. The van der Waals surface area contributed by atoms with E-state index in [1.165, 1.54) is 21.3 Å². The number of sulfonamides is 1. The van der Waals surface area contributed by atoms with Crippen molar-refractivity contribution in [2.24, 2.45) is 0 Å². The Morgan fingerprint density at radius 2 is 1.59 bits per heavy atom. The van der Waals surface area contributed by atoms with E-state index in [9.17, 15) is 22.4 Å². The van der Waals surface area contributed by atoms with E-state index in [4.69, 9.17) is 0 Å². The third-order valence-corrected chi connectivity index (χ3v) is 6.99. The van der Waals surface area contributed by atoms with Crippen LogP contribution in [0.1, 0.15) is 63.6 Å². The number of carbonyl (C=O) groups is 2. The average Bonchev–Trinajstić information content (AvgIpc) is 2.75. The number of amides is 2. The summed E-state index contributed by atoms with van der Waals surface area (Å²) in [7, 11) is -3.57. The van der Waals surface area contributed by atoms with Crippen molar-refractivity contribution in [3.05, 3.63) is 65.0 Å². The van der Waals surface area contributed by atoms with E-state index in [1.807, 2.05) is 47.6 Å². The zero-order chi connectivity index (χ0) is 28.0. The molecule has 1 atom stereocenters.